The van der Waals surface area contributed by atoms with Gasteiger partial charge in [0.25, 0.3) is 0 Å². The van der Waals surface area contributed by atoms with Gasteiger partial charge in [-0.25, -0.2) is 8.78 Å². The fourth-order valence-corrected chi connectivity index (χ4v) is 4.68. The summed E-state index contributed by atoms with van der Waals surface area (Å²) in [5.74, 6) is -1.93. The SMILES string of the molecule is COc1ccc(C(CC(=O)O)N(Cc2ccccc2)C(C)c2ccccc2)cc1-c1ccc(F)cc1F. The second kappa shape index (κ2) is 11.8. The zero-order valence-corrected chi connectivity index (χ0v) is 20.8. The molecule has 4 rings (SSSR count). The van der Waals surface area contributed by atoms with Crippen molar-refractivity contribution in [1.29, 1.82) is 0 Å². The Morgan fingerprint density at radius 1 is 0.865 bits per heavy atom. The van der Waals surface area contributed by atoms with E-state index in [1.165, 1.54) is 19.2 Å². The summed E-state index contributed by atoms with van der Waals surface area (Å²) in [5.41, 5.74) is 3.39. The highest BCUT2D eigenvalue weighted by Gasteiger charge is 2.29. The molecule has 0 bridgehead atoms. The van der Waals surface area contributed by atoms with Crippen LogP contribution in [-0.2, 0) is 11.3 Å². The molecule has 6 heteroatoms. The summed E-state index contributed by atoms with van der Waals surface area (Å²) in [6.45, 7) is 2.55. The Kier molecular flexibility index (Phi) is 8.31. The third kappa shape index (κ3) is 6.22. The van der Waals surface area contributed by atoms with Crippen LogP contribution < -0.4 is 4.74 Å². The highest BCUT2D eigenvalue weighted by Crippen LogP contribution is 2.39. The standard InChI is InChI=1S/C31H29F2NO3/c1-21(23-11-7-4-8-12-23)34(20-22-9-5-3-6-10-22)29(19-31(35)36)24-13-16-30(37-2)27(17-24)26-15-14-25(32)18-28(26)33/h3-18,21,29H,19-20H2,1-2H3,(H,35,36). The van der Waals surface area contributed by atoms with E-state index in [1.54, 1.807) is 12.1 Å². The Morgan fingerprint density at radius 2 is 1.54 bits per heavy atom. The number of halogens is 2. The van der Waals surface area contributed by atoms with Crippen LogP contribution in [0, 0.1) is 11.6 Å². The van der Waals surface area contributed by atoms with Crippen LogP contribution in [0.1, 0.15) is 42.1 Å². The van der Waals surface area contributed by atoms with E-state index in [1.807, 2.05) is 66.7 Å². The molecule has 0 aromatic heterocycles. The first-order valence-corrected chi connectivity index (χ1v) is 12.1. The van der Waals surface area contributed by atoms with Crippen molar-refractivity contribution in [3.05, 3.63) is 125 Å². The highest BCUT2D eigenvalue weighted by molar-refractivity contribution is 5.73. The number of carboxylic acid groups (broad SMARTS) is 1. The Balaban J connectivity index is 1.85. The molecule has 4 nitrogen and oxygen atoms in total. The van der Waals surface area contributed by atoms with Crippen LogP contribution in [0.2, 0.25) is 0 Å². The number of rotatable bonds is 10. The van der Waals surface area contributed by atoms with E-state index in [9.17, 15) is 18.7 Å². The maximum atomic E-state index is 14.8. The van der Waals surface area contributed by atoms with Crippen molar-refractivity contribution in [2.45, 2.75) is 32.0 Å². The van der Waals surface area contributed by atoms with Gasteiger partial charge < -0.3 is 9.84 Å². The third-order valence-corrected chi connectivity index (χ3v) is 6.59. The summed E-state index contributed by atoms with van der Waals surface area (Å²) < 4.78 is 33.9. The topological polar surface area (TPSA) is 49.8 Å². The zero-order chi connectivity index (χ0) is 26.4. The second-order valence-electron chi connectivity index (χ2n) is 8.94. The molecule has 0 aliphatic rings. The molecule has 190 valence electrons. The lowest BCUT2D eigenvalue weighted by atomic mass is 9.93. The average Bonchev–Trinajstić information content (AvgIpc) is 2.91. The van der Waals surface area contributed by atoms with Gasteiger partial charge in [-0.3, -0.25) is 9.69 Å². The van der Waals surface area contributed by atoms with Gasteiger partial charge >= 0.3 is 5.97 Å². The number of methoxy groups -OCH3 is 1. The first-order chi connectivity index (χ1) is 17.9. The number of hydrogen-bond donors (Lipinski definition) is 1. The molecule has 0 aliphatic heterocycles. The molecule has 4 aromatic rings. The van der Waals surface area contributed by atoms with Crippen LogP contribution >= 0.6 is 0 Å². The van der Waals surface area contributed by atoms with Crippen LogP contribution in [0.5, 0.6) is 5.75 Å². The van der Waals surface area contributed by atoms with Gasteiger partial charge in [-0.1, -0.05) is 66.7 Å². The van der Waals surface area contributed by atoms with Crippen molar-refractivity contribution in [2.24, 2.45) is 0 Å². The summed E-state index contributed by atoms with van der Waals surface area (Å²) in [6, 6.07) is 27.8. The minimum absolute atomic E-state index is 0.126. The van der Waals surface area contributed by atoms with E-state index >= 15 is 0 Å². The van der Waals surface area contributed by atoms with E-state index in [0.717, 1.165) is 17.2 Å². The van der Waals surface area contributed by atoms with Crippen molar-refractivity contribution in [2.75, 3.05) is 7.11 Å². The molecule has 0 amide bonds. The predicted octanol–water partition coefficient (Wildman–Crippen LogP) is 7.42. The first kappa shape index (κ1) is 26.0. The van der Waals surface area contributed by atoms with Gasteiger partial charge in [-0.05, 0) is 47.9 Å². The van der Waals surface area contributed by atoms with Gasteiger partial charge in [0.2, 0.25) is 0 Å². The Morgan fingerprint density at radius 3 is 2.16 bits per heavy atom. The molecule has 2 unspecified atom stereocenters. The normalized spacial score (nSPS) is 12.8. The van der Waals surface area contributed by atoms with Crippen molar-refractivity contribution in [3.63, 3.8) is 0 Å². The van der Waals surface area contributed by atoms with Gasteiger partial charge in [0.1, 0.15) is 17.4 Å². The third-order valence-electron chi connectivity index (χ3n) is 6.59. The molecule has 0 saturated heterocycles. The van der Waals surface area contributed by atoms with E-state index < -0.39 is 23.6 Å². The van der Waals surface area contributed by atoms with E-state index in [4.69, 9.17) is 4.74 Å². The van der Waals surface area contributed by atoms with Crippen LogP contribution in [0.3, 0.4) is 0 Å². The van der Waals surface area contributed by atoms with E-state index in [-0.39, 0.29) is 18.0 Å². The Labute approximate surface area is 215 Å². The molecule has 0 radical (unpaired) electrons. The lowest BCUT2D eigenvalue weighted by Gasteiger charge is -2.37. The number of ether oxygens (including phenoxy) is 1. The molecule has 0 fully saturated rings. The van der Waals surface area contributed by atoms with Crippen molar-refractivity contribution in [3.8, 4) is 16.9 Å². The van der Waals surface area contributed by atoms with Crippen LogP contribution in [0.4, 0.5) is 8.78 Å². The van der Waals surface area contributed by atoms with Crippen LogP contribution in [0.25, 0.3) is 11.1 Å². The largest absolute Gasteiger partial charge is 0.496 e. The summed E-state index contributed by atoms with van der Waals surface area (Å²) >= 11 is 0. The summed E-state index contributed by atoms with van der Waals surface area (Å²) in [7, 11) is 1.48. The number of benzene rings is 4. The summed E-state index contributed by atoms with van der Waals surface area (Å²) in [4.78, 5) is 14.3. The molecule has 0 aliphatic carbocycles. The van der Waals surface area contributed by atoms with E-state index in [0.29, 0.717) is 23.4 Å². The smallest absolute Gasteiger partial charge is 0.305 e. The molecular weight excluding hydrogens is 472 g/mol. The maximum Gasteiger partial charge on any atom is 0.305 e. The second-order valence-corrected chi connectivity index (χ2v) is 8.94. The molecular formula is C31H29F2NO3. The van der Waals surface area contributed by atoms with Crippen LogP contribution in [-0.4, -0.2) is 23.1 Å². The molecule has 1 N–H and O–H groups in total. The van der Waals surface area contributed by atoms with Gasteiger partial charge in [-0.15, -0.1) is 0 Å². The Bertz CT molecular complexity index is 1350. The van der Waals surface area contributed by atoms with Crippen molar-refractivity contribution < 1.29 is 23.4 Å². The lowest BCUT2D eigenvalue weighted by molar-refractivity contribution is -0.138. The number of nitrogens with zero attached hydrogens (tertiary/aromatic N) is 1. The number of carbonyl (C=O) groups is 1. The fraction of sp³-hybridized carbons (Fsp3) is 0.194. The summed E-state index contributed by atoms with van der Waals surface area (Å²) in [6.07, 6.45) is -0.165. The number of hydrogen-bond acceptors (Lipinski definition) is 3. The monoisotopic (exact) mass is 501 g/mol. The van der Waals surface area contributed by atoms with Crippen molar-refractivity contribution in [1.82, 2.24) is 4.90 Å². The minimum atomic E-state index is -0.950. The molecule has 4 aromatic carbocycles. The molecule has 0 saturated carbocycles. The molecule has 2 atom stereocenters. The zero-order valence-electron chi connectivity index (χ0n) is 20.8. The van der Waals surface area contributed by atoms with Gasteiger partial charge in [0.05, 0.1) is 13.5 Å². The van der Waals surface area contributed by atoms with E-state index in [2.05, 4.69) is 11.8 Å². The molecule has 37 heavy (non-hydrogen) atoms. The van der Waals surface area contributed by atoms with Gasteiger partial charge in [-0.2, -0.15) is 0 Å². The minimum Gasteiger partial charge on any atom is -0.496 e. The van der Waals surface area contributed by atoms with Crippen LogP contribution in [0.15, 0.2) is 97.1 Å². The summed E-state index contributed by atoms with van der Waals surface area (Å²) in [5, 5.41) is 9.92. The number of aliphatic carboxylic acids is 1. The van der Waals surface area contributed by atoms with Crippen molar-refractivity contribution >= 4 is 5.97 Å². The van der Waals surface area contributed by atoms with Gasteiger partial charge in [0, 0.05) is 35.8 Å². The fourth-order valence-electron chi connectivity index (χ4n) is 4.68. The highest BCUT2D eigenvalue weighted by atomic mass is 19.1. The van der Waals surface area contributed by atoms with Gasteiger partial charge in [0.15, 0.2) is 0 Å². The molecule has 0 heterocycles. The average molecular weight is 502 g/mol. The quantitative estimate of drug-likeness (QED) is 0.246. The first-order valence-electron chi connectivity index (χ1n) is 12.1. The number of carboxylic acids is 1. The molecule has 0 spiro atoms. The maximum absolute atomic E-state index is 14.8. The lowest BCUT2D eigenvalue weighted by Crippen LogP contribution is -2.32. The Hall–Kier alpha value is -4.03. The predicted molar refractivity (Wildman–Crippen MR) is 140 cm³/mol.